The summed E-state index contributed by atoms with van der Waals surface area (Å²) >= 11 is 1.80. The Kier molecular flexibility index (Phi) is 4.78. The lowest BCUT2D eigenvalue weighted by molar-refractivity contribution is 0.502. The maximum atomic E-state index is 3.68. The summed E-state index contributed by atoms with van der Waals surface area (Å²) in [7, 11) is 0. The molecule has 0 amide bonds. The largest absolute Gasteiger partial charge is 0.382 e. The van der Waals surface area contributed by atoms with Crippen molar-refractivity contribution in [2.24, 2.45) is 5.92 Å². The van der Waals surface area contributed by atoms with E-state index in [2.05, 4.69) is 42.8 Å². The third kappa shape index (κ3) is 3.95. The van der Waals surface area contributed by atoms with E-state index < -0.39 is 0 Å². The monoisotopic (exact) mass is 249 g/mol. The molecule has 2 heteroatoms. The molecule has 17 heavy (non-hydrogen) atoms. The first-order valence-electron chi connectivity index (χ1n) is 6.68. The molecular formula is C15H23NS. The van der Waals surface area contributed by atoms with Gasteiger partial charge in [0, 0.05) is 16.6 Å². The van der Waals surface area contributed by atoms with Gasteiger partial charge in [-0.3, -0.25) is 0 Å². The highest BCUT2D eigenvalue weighted by molar-refractivity contribution is 7.98. The molecule has 94 valence electrons. The van der Waals surface area contributed by atoms with Gasteiger partial charge in [-0.1, -0.05) is 19.8 Å². The topological polar surface area (TPSA) is 12.0 Å². The Bertz CT molecular complexity index is 333. The lowest BCUT2D eigenvalue weighted by atomic mass is 10.0. The molecule has 2 unspecified atom stereocenters. The smallest absolute Gasteiger partial charge is 0.0343 e. The fourth-order valence-corrected chi connectivity index (χ4v) is 2.96. The van der Waals surface area contributed by atoms with Crippen LogP contribution >= 0.6 is 11.8 Å². The van der Waals surface area contributed by atoms with Crippen molar-refractivity contribution in [1.82, 2.24) is 0 Å². The SMILES string of the molecule is CSc1ccc(NC2CCCC(C)CC2)cc1. The molecule has 0 aromatic heterocycles. The molecule has 0 spiro atoms. The number of nitrogens with one attached hydrogen (secondary N) is 1. The van der Waals surface area contributed by atoms with Crippen molar-refractivity contribution in [1.29, 1.82) is 0 Å². The summed E-state index contributed by atoms with van der Waals surface area (Å²) in [5, 5.41) is 3.68. The van der Waals surface area contributed by atoms with Crippen molar-refractivity contribution in [3.8, 4) is 0 Å². The highest BCUT2D eigenvalue weighted by atomic mass is 32.2. The van der Waals surface area contributed by atoms with Crippen LogP contribution in [0, 0.1) is 5.92 Å². The Morgan fingerprint density at radius 1 is 1.06 bits per heavy atom. The lowest BCUT2D eigenvalue weighted by Crippen LogP contribution is -2.18. The number of thioether (sulfide) groups is 1. The summed E-state index contributed by atoms with van der Waals surface area (Å²) in [6.45, 7) is 2.38. The Hall–Kier alpha value is -0.630. The van der Waals surface area contributed by atoms with E-state index in [0.717, 1.165) is 5.92 Å². The van der Waals surface area contributed by atoms with Crippen LogP contribution < -0.4 is 5.32 Å². The predicted molar refractivity (Wildman–Crippen MR) is 77.9 cm³/mol. The van der Waals surface area contributed by atoms with Gasteiger partial charge in [0.25, 0.3) is 0 Å². The van der Waals surface area contributed by atoms with Crippen molar-refractivity contribution in [3.63, 3.8) is 0 Å². The van der Waals surface area contributed by atoms with Gasteiger partial charge in [0.05, 0.1) is 0 Å². The van der Waals surface area contributed by atoms with E-state index in [4.69, 9.17) is 0 Å². The highest BCUT2D eigenvalue weighted by Gasteiger charge is 2.15. The minimum Gasteiger partial charge on any atom is -0.382 e. The Labute approximate surface area is 109 Å². The van der Waals surface area contributed by atoms with E-state index in [-0.39, 0.29) is 0 Å². The highest BCUT2D eigenvalue weighted by Crippen LogP contribution is 2.25. The van der Waals surface area contributed by atoms with Gasteiger partial charge >= 0.3 is 0 Å². The summed E-state index contributed by atoms with van der Waals surface area (Å²) in [6.07, 6.45) is 8.93. The average molecular weight is 249 g/mol. The number of benzene rings is 1. The standard InChI is InChI=1S/C15H23NS/c1-12-4-3-5-13(7-6-12)16-14-8-10-15(17-2)11-9-14/h8-13,16H,3-7H2,1-2H3. The first-order chi connectivity index (χ1) is 8.28. The van der Waals surface area contributed by atoms with E-state index >= 15 is 0 Å². The maximum absolute atomic E-state index is 3.68. The van der Waals surface area contributed by atoms with E-state index in [0.29, 0.717) is 6.04 Å². The molecule has 1 aromatic carbocycles. The van der Waals surface area contributed by atoms with Gasteiger partial charge in [-0.25, -0.2) is 0 Å². The Morgan fingerprint density at radius 3 is 2.53 bits per heavy atom. The van der Waals surface area contributed by atoms with Crippen LogP contribution in [0.2, 0.25) is 0 Å². The molecule has 1 fully saturated rings. The van der Waals surface area contributed by atoms with Gasteiger partial charge in [-0.2, -0.15) is 0 Å². The Morgan fingerprint density at radius 2 is 1.82 bits per heavy atom. The molecule has 2 atom stereocenters. The molecular weight excluding hydrogens is 226 g/mol. The molecule has 0 bridgehead atoms. The number of hydrogen-bond donors (Lipinski definition) is 1. The first-order valence-corrected chi connectivity index (χ1v) is 7.91. The molecule has 1 aromatic rings. The predicted octanol–water partition coefficient (Wildman–Crippen LogP) is 4.79. The van der Waals surface area contributed by atoms with Gasteiger partial charge in [0.1, 0.15) is 0 Å². The molecule has 0 saturated heterocycles. The average Bonchev–Trinajstić information content (AvgIpc) is 2.56. The van der Waals surface area contributed by atoms with Crippen LogP contribution in [-0.4, -0.2) is 12.3 Å². The molecule has 0 heterocycles. The van der Waals surface area contributed by atoms with Crippen molar-refractivity contribution in [2.45, 2.75) is 50.0 Å². The molecule has 0 radical (unpaired) electrons. The fourth-order valence-electron chi connectivity index (χ4n) is 2.55. The quantitative estimate of drug-likeness (QED) is 0.610. The molecule has 1 aliphatic rings. The lowest BCUT2D eigenvalue weighted by Gasteiger charge is -2.18. The molecule has 1 saturated carbocycles. The van der Waals surface area contributed by atoms with Crippen molar-refractivity contribution >= 4 is 17.4 Å². The van der Waals surface area contributed by atoms with Crippen molar-refractivity contribution < 1.29 is 0 Å². The second-order valence-corrected chi connectivity index (χ2v) is 6.06. The molecule has 1 N–H and O–H groups in total. The third-order valence-corrected chi connectivity index (χ3v) is 4.46. The third-order valence-electron chi connectivity index (χ3n) is 3.72. The number of hydrogen-bond acceptors (Lipinski definition) is 2. The summed E-state index contributed by atoms with van der Waals surface area (Å²) < 4.78 is 0. The maximum Gasteiger partial charge on any atom is 0.0343 e. The second kappa shape index (κ2) is 6.34. The van der Waals surface area contributed by atoms with Gasteiger partial charge < -0.3 is 5.32 Å². The van der Waals surface area contributed by atoms with E-state index in [1.807, 2.05) is 0 Å². The van der Waals surface area contributed by atoms with E-state index in [9.17, 15) is 0 Å². The molecule has 1 aliphatic carbocycles. The molecule has 0 aliphatic heterocycles. The van der Waals surface area contributed by atoms with Crippen LogP contribution in [0.1, 0.15) is 39.0 Å². The number of anilines is 1. The zero-order chi connectivity index (χ0) is 12.1. The second-order valence-electron chi connectivity index (χ2n) is 5.18. The van der Waals surface area contributed by atoms with Crippen LogP contribution in [-0.2, 0) is 0 Å². The zero-order valence-electron chi connectivity index (χ0n) is 10.9. The van der Waals surface area contributed by atoms with E-state index in [1.165, 1.54) is 42.7 Å². The summed E-state index contributed by atoms with van der Waals surface area (Å²) in [4.78, 5) is 1.34. The van der Waals surface area contributed by atoms with Crippen LogP contribution in [0.3, 0.4) is 0 Å². The summed E-state index contributed by atoms with van der Waals surface area (Å²) in [6, 6.07) is 9.50. The summed E-state index contributed by atoms with van der Waals surface area (Å²) in [5.41, 5.74) is 1.28. The Balaban J connectivity index is 1.90. The molecule has 2 rings (SSSR count). The number of rotatable bonds is 3. The van der Waals surface area contributed by atoms with Crippen molar-refractivity contribution in [3.05, 3.63) is 24.3 Å². The van der Waals surface area contributed by atoms with Gasteiger partial charge in [0.15, 0.2) is 0 Å². The minimum atomic E-state index is 0.681. The summed E-state index contributed by atoms with van der Waals surface area (Å²) in [5.74, 6) is 0.917. The molecule has 1 nitrogen and oxygen atoms in total. The van der Waals surface area contributed by atoms with E-state index in [1.54, 1.807) is 11.8 Å². The fraction of sp³-hybridized carbons (Fsp3) is 0.600. The van der Waals surface area contributed by atoms with Gasteiger partial charge in [-0.15, -0.1) is 11.8 Å². The van der Waals surface area contributed by atoms with Crippen LogP contribution in [0.15, 0.2) is 29.2 Å². The van der Waals surface area contributed by atoms with Gasteiger partial charge in [0.2, 0.25) is 0 Å². The zero-order valence-corrected chi connectivity index (χ0v) is 11.7. The van der Waals surface area contributed by atoms with Crippen LogP contribution in [0.5, 0.6) is 0 Å². The first kappa shape index (κ1) is 12.8. The van der Waals surface area contributed by atoms with Gasteiger partial charge in [-0.05, 0) is 55.7 Å². The van der Waals surface area contributed by atoms with Crippen LogP contribution in [0.4, 0.5) is 5.69 Å². The van der Waals surface area contributed by atoms with Crippen molar-refractivity contribution in [2.75, 3.05) is 11.6 Å². The minimum absolute atomic E-state index is 0.681. The van der Waals surface area contributed by atoms with Crippen LogP contribution in [0.25, 0.3) is 0 Å². The normalized spacial score (nSPS) is 25.3.